The number of amides is 5. The van der Waals surface area contributed by atoms with Crippen molar-refractivity contribution in [2.24, 2.45) is 0 Å². The van der Waals surface area contributed by atoms with Crippen molar-refractivity contribution in [2.75, 3.05) is 20.1 Å². The minimum Gasteiger partial charge on any atom is -0.341 e. The van der Waals surface area contributed by atoms with Gasteiger partial charge >= 0.3 is 6.03 Å². The number of likely N-dealkylation sites (tertiary alicyclic amines) is 1. The van der Waals surface area contributed by atoms with Crippen molar-refractivity contribution in [3.8, 4) is 0 Å². The van der Waals surface area contributed by atoms with Gasteiger partial charge in [-0.15, -0.1) is 0 Å². The van der Waals surface area contributed by atoms with E-state index >= 15 is 0 Å². The summed E-state index contributed by atoms with van der Waals surface area (Å²) in [5.74, 6) is -1.25. The minimum atomic E-state index is -1.24. The van der Waals surface area contributed by atoms with Gasteiger partial charge in [0.05, 0.1) is 17.6 Å². The molecule has 2 unspecified atom stereocenters. The van der Waals surface area contributed by atoms with Crippen LogP contribution in [0.5, 0.6) is 0 Å². The molecule has 2 aliphatic heterocycles. The number of aromatic nitrogens is 2. The number of carbonyl (C=O) groups excluding carboxylic acids is 4. The maximum Gasteiger partial charge on any atom is 0.327 e. The average Bonchev–Trinajstić information content (AvgIpc) is 3.38. The van der Waals surface area contributed by atoms with Gasteiger partial charge in [0.25, 0.3) is 11.8 Å². The van der Waals surface area contributed by atoms with Crippen LogP contribution in [0.25, 0.3) is 11.0 Å². The van der Waals surface area contributed by atoms with E-state index in [0.717, 1.165) is 21.5 Å². The number of rotatable bonds is 5. The van der Waals surface area contributed by atoms with E-state index in [2.05, 4.69) is 9.97 Å². The zero-order chi connectivity index (χ0) is 24.3. The van der Waals surface area contributed by atoms with E-state index in [1.54, 1.807) is 26.3 Å². The third kappa shape index (κ3) is 3.34. The molecule has 3 N–H and O–H groups in total. The van der Waals surface area contributed by atoms with E-state index in [-0.39, 0.29) is 19.0 Å². The number of H-pyrrole nitrogens is 1. The van der Waals surface area contributed by atoms with Crippen molar-refractivity contribution in [1.29, 1.82) is 0 Å². The number of fused-ring (bicyclic) bond motifs is 1. The van der Waals surface area contributed by atoms with Gasteiger partial charge < -0.3 is 14.8 Å². The van der Waals surface area contributed by atoms with Gasteiger partial charge in [0, 0.05) is 13.6 Å². The standard InChI is InChI=1S/C22H28N6O5/c1-12-6-7-13-14(10-12)24-17(23-13)22(4)8-9-27(19(22)31)15(16(29)25-33)11-28-18(30)21(2,3)26(5)20(28)32/h6-7,10,15,33H,8-9,11H2,1-5H3,(H,23,24)(H,25,29). The molecule has 33 heavy (non-hydrogen) atoms. The summed E-state index contributed by atoms with van der Waals surface area (Å²) in [6.07, 6.45) is 0.368. The summed E-state index contributed by atoms with van der Waals surface area (Å²) >= 11 is 0. The quantitative estimate of drug-likeness (QED) is 0.347. The summed E-state index contributed by atoms with van der Waals surface area (Å²) < 4.78 is 0. The second-order valence-electron chi connectivity index (χ2n) is 9.49. The fourth-order valence-electron chi connectivity index (χ4n) is 4.48. The molecule has 176 valence electrons. The number of carbonyl (C=O) groups is 4. The summed E-state index contributed by atoms with van der Waals surface area (Å²) in [5, 5.41) is 9.33. The van der Waals surface area contributed by atoms with E-state index in [1.165, 1.54) is 16.8 Å². The molecule has 2 aliphatic rings. The van der Waals surface area contributed by atoms with Crippen molar-refractivity contribution >= 4 is 34.8 Å². The molecule has 3 heterocycles. The lowest BCUT2D eigenvalue weighted by Crippen LogP contribution is -2.55. The van der Waals surface area contributed by atoms with Crippen LogP contribution in [0.3, 0.4) is 0 Å². The summed E-state index contributed by atoms with van der Waals surface area (Å²) in [6.45, 7) is 6.75. The van der Waals surface area contributed by atoms with Crippen LogP contribution in [-0.2, 0) is 19.8 Å². The Labute approximate surface area is 190 Å². The number of imide groups is 1. The van der Waals surface area contributed by atoms with Crippen LogP contribution in [0.1, 0.15) is 38.6 Å². The molecular formula is C22H28N6O5. The van der Waals surface area contributed by atoms with E-state index in [9.17, 15) is 24.4 Å². The fourth-order valence-corrected chi connectivity index (χ4v) is 4.48. The van der Waals surface area contributed by atoms with Crippen molar-refractivity contribution in [3.05, 3.63) is 29.6 Å². The van der Waals surface area contributed by atoms with Crippen molar-refractivity contribution < 1.29 is 24.4 Å². The Morgan fingerprint density at radius 2 is 1.94 bits per heavy atom. The number of benzene rings is 1. The predicted molar refractivity (Wildman–Crippen MR) is 117 cm³/mol. The number of nitrogens with zero attached hydrogens (tertiary/aromatic N) is 4. The van der Waals surface area contributed by atoms with E-state index in [4.69, 9.17) is 0 Å². The van der Waals surface area contributed by atoms with Gasteiger partial charge in [-0.25, -0.2) is 15.3 Å². The molecule has 11 nitrogen and oxygen atoms in total. The Hall–Kier alpha value is -3.47. The summed E-state index contributed by atoms with van der Waals surface area (Å²) in [6, 6.07) is 3.93. The lowest BCUT2D eigenvalue weighted by atomic mass is 9.88. The molecule has 2 fully saturated rings. The van der Waals surface area contributed by atoms with Gasteiger partial charge in [0.1, 0.15) is 22.8 Å². The lowest BCUT2D eigenvalue weighted by Gasteiger charge is -2.30. The molecule has 1 aromatic heterocycles. The highest BCUT2D eigenvalue weighted by Crippen LogP contribution is 2.36. The van der Waals surface area contributed by atoms with Crippen LogP contribution in [0.2, 0.25) is 0 Å². The molecule has 0 spiro atoms. The Bertz CT molecular complexity index is 1170. The molecular weight excluding hydrogens is 428 g/mol. The normalized spacial score (nSPS) is 23.7. The largest absolute Gasteiger partial charge is 0.341 e. The van der Waals surface area contributed by atoms with Crippen LogP contribution in [0, 0.1) is 6.92 Å². The van der Waals surface area contributed by atoms with Crippen LogP contribution in [0.15, 0.2) is 18.2 Å². The Kier molecular flexibility index (Phi) is 5.19. The first-order valence-corrected chi connectivity index (χ1v) is 10.7. The van der Waals surface area contributed by atoms with Gasteiger partial charge in [-0.2, -0.15) is 0 Å². The monoisotopic (exact) mass is 456 g/mol. The Balaban J connectivity index is 1.64. The highest BCUT2D eigenvalue weighted by Gasteiger charge is 2.54. The fraction of sp³-hybridized carbons (Fsp3) is 0.500. The van der Waals surface area contributed by atoms with Crippen LogP contribution < -0.4 is 5.48 Å². The number of imidazole rings is 1. The van der Waals surface area contributed by atoms with Gasteiger partial charge in [0.2, 0.25) is 5.91 Å². The highest BCUT2D eigenvalue weighted by atomic mass is 16.5. The summed E-state index contributed by atoms with van der Waals surface area (Å²) in [5.41, 5.74) is 2.05. The number of aromatic amines is 1. The van der Waals surface area contributed by atoms with Gasteiger partial charge in [-0.05, 0) is 51.8 Å². The number of nitrogens with one attached hydrogen (secondary N) is 2. The lowest BCUT2D eigenvalue weighted by molar-refractivity contribution is -0.145. The highest BCUT2D eigenvalue weighted by molar-refractivity contribution is 6.07. The Morgan fingerprint density at radius 3 is 2.55 bits per heavy atom. The van der Waals surface area contributed by atoms with Gasteiger partial charge in [0.15, 0.2) is 0 Å². The van der Waals surface area contributed by atoms with E-state index < -0.39 is 34.8 Å². The third-order valence-electron chi connectivity index (χ3n) is 7.02. The number of hydrogen-bond acceptors (Lipinski definition) is 6. The average molecular weight is 457 g/mol. The molecule has 0 saturated carbocycles. The van der Waals surface area contributed by atoms with Crippen LogP contribution in [-0.4, -0.2) is 85.3 Å². The first-order chi connectivity index (χ1) is 15.4. The molecule has 0 bridgehead atoms. The first kappa shape index (κ1) is 22.7. The molecule has 0 radical (unpaired) electrons. The minimum absolute atomic E-state index is 0.193. The zero-order valence-corrected chi connectivity index (χ0v) is 19.3. The number of hydroxylamine groups is 1. The predicted octanol–water partition coefficient (Wildman–Crippen LogP) is 0.908. The van der Waals surface area contributed by atoms with Crippen LogP contribution in [0.4, 0.5) is 4.79 Å². The number of likely N-dealkylation sites (N-methyl/N-ethyl adjacent to an activating group) is 1. The smallest absolute Gasteiger partial charge is 0.327 e. The summed E-state index contributed by atoms with van der Waals surface area (Å²) in [7, 11) is 1.50. The SMILES string of the molecule is Cc1ccc2nc(C3(C)CCN(C(CN4C(=O)N(C)C(C)(C)C4=O)C(=O)NO)C3=O)[nH]c2c1. The second kappa shape index (κ2) is 7.55. The molecule has 11 heteroatoms. The second-order valence-corrected chi connectivity index (χ2v) is 9.49. The zero-order valence-electron chi connectivity index (χ0n) is 19.3. The first-order valence-electron chi connectivity index (χ1n) is 10.7. The van der Waals surface area contributed by atoms with E-state index in [0.29, 0.717) is 12.2 Å². The number of urea groups is 1. The third-order valence-corrected chi connectivity index (χ3v) is 7.02. The van der Waals surface area contributed by atoms with Gasteiger partial charge in [-0.1, -0.05) is 6.07 Å². The number of hydrogen-bond donors (Lipinski definition) is 3. The molecule has 2 atom stereocenters. The van der Waals surface area contributed by atoms with Crippen molar-refractivity contribution in [3.63, 3.8) is 0 Å². The maximum atomic E-state index is 13.6. The molecule has 0 aliphatic carbocycles. The van der Waals surface area contributed by atoms with Gasteiger partial charge in [-0.3, -0.25) is 24.5 Å². The maximum absolute atomic E-state index is 13.6. The molecule has 2 aromatic rings. The van der Waals surface area contributed by atoms with E-state index in [1.807, 2.05) is 25.1 Å². The number of aryl methyl sites for hydroxylation is 1. The van der Waals surface area contributed by atoms with Crippen molar-refractivity contribution in [2.45, 2.75) is 51.1 Å². The van der Waals surface area contributed by atoms with Crippen molar-refractivity contribution in [1.82, 2.24) is 30.1 Å². The Morgan fingerprint density at radius 1 is 1.24 bits per heavy atom. The topological polar surface area (TPSA) is 139 Å². The molecule has 5 amide bonds. The molecule has 1 aromatic carbocycles. The van der Waals surface area contributed by atoms with Crippen LogP contribution >= 0.6 is 0 Å². The molecule has 2 saturated heterocycles. The summed E-state index contributed by atoms with van der Waals surface area (Å²) in [4.78, 5) is 63.0. The molecule has 4 rings (SSSR count).